The number of fused-ring (bicyclic) bond motifs is 1. The molecule has 0 saturated carbocycles. The van der Waals surface area contributed by atoms with Gasteiger partial charge in [-0.3, -0.25) is 10.2 Å². The van der Waals surface area contributed by atoms with Crippen molar-refractivity contribution in [1.82, 2.24) is 15.2 Å². The molecule has 2 aromatic carbocycles. The number of amides is 1. The molecule has 0 unspecified atom stereocenters. The highest BCUT2D eigenvalue weighted by atomic mass is 32.2. The Bertz CT molecular complexity index is 932. The normalized spacial score (nSPS) is 14.5. The Kier molecular flexibility index (Phi) is 6.18. The van der Waals surface area contributed by atoms with Crippen LogP contribution in [0.2, 0.25) is 0 Å². The molecule has 9 heteroatoms. The van der Waals surface area contributed by atoms with Crippen LogP contribution < -0.4 is 19.6 Å². The summed E-state index contributed by atoms with van der Waals surface area (Å²) in [6.07, 6.45) is 0.213. The fraction of sp³-hybridized carbons (Fsp3) is 0.316. The summed E-state index contributed by atoms with van der Waals surface area (Å²) in [7, 11) is -0.640. The summed E-state index contributed by atoms with van der Waals surface area (Å²) in [5.74, 6) is 0.415. The van der Waals surface area contributed by atoms with Crippen molar-refractivity contribution in [3.05, 3.63) is 54.1 Å². The van der Waals surface area contributed by atoms with Gasteiger partial charge in [0, 0.05) is 20.2 Å². The summed E-state index contributed by atoms with van der Waals surface area (Å²) in [6, 6.07) is 12.6. The lowest BCUT2D eigenvalue weighted by Crippen LogP contribution is -2.51. The van der Waals surface area contributed by atoms with Crippen molar-refractivity contribution in [2.24, 2.45) is 0 Å². The third-order valence-electron chi connectivity index (χ3n) is 4.05. The minimum Gasteiger partial charge on any atom is -0.486 e. The molecule has 0 fully saturated rings. The third-order valence-corrected chi connectivity index (χ3v) is 5.52. The highest BCUT2D eigenvalue weighted by Gasteiger charge is 2.27. The van der Waals surface area contributed by atoms with Gasteiger partial charge in [0.1, 0.15) is 19.3 Å². The van der Waals surface area contributed by atoms with Crippen LogP contribution in [0.4, 0.5) is 0 Å². The van der Waals surface area contributed by atoms with Gasteiger partial charge in [-0.15, -0.1) is 0 Å². The van der Waals surface area contributed by atoms with Gasteiger partial charge in [0.05, 0.1) is 4.90 Å². The number of sulfonamides is 1. The van der Waals surface area contributed by atoms with Crippen LogP contribution in [0.3, 0.4) is 0 Å². The summed E-state index contributed by atoms with van der Waals surface area (Å²) in [5, 5.41) is 1.47. The van der Waals surface area contributed by atoms with Crippen LogP contribution in [0.15, 0.2) is 53.4 Å². The number of nitrogens with zero attached hydrogens (tertiary/aromatic N) is 1. The number of rotatable bonds is 7. The van der Waals surface area contributed by atoms with Gasteiger partial charge in [-0.1, -0.05) is 30.3 Å². The van der Waals surface area contributed by atoms with Crippen LogP contribution in [0.25, 0.3) is 0 Å². The maximum absolute atomic E-state index is 12.9. The first-order valence-electron chi connectivity index (χ1n) is 8.79. The number of nitrogens with one attached hydrogen (secondary N) is 2. The lowest BCUT2D eigenvalue weighted by atomic mass is 10.1. The maximum Gasteiger partial charge on any atom is 0.252 e. The van der Waals surface area contributed by atoms with Gasteiger partial charge in [0.2, 0.25) is 10.0 Å². The van der Waals surface area contributed by atoms with E-state index < -0.39 is 22.0 Å². The first-order valence-corrected chi connectivity index (χ1v) is 10.3. The summed E-state index contributed by atoms with van der Waals surface area (Å²) < 4.78 is 39.2. The van der Waals surface area contributed by atoms with E-state index in [0.717, 1.165) is 5.56 Å². The van der Waals surface area contributed by atoms with Crippen molar-refractivity contribution in [2.45, 2.75) is 17.4 Å². The average molecular weight is 405 g/mol. The Morgan fingerprint density at radius 3 is 2.43 bits per heavy atom. The summed E-state index contributed by atoms with van der Waals surface area (Å²) in [6.45, 7) is 0.771. The largest absolute Gasteiger partial charge is 0.486 e. The molecule has 28 heavy (non-hydrogen) atoms. The molecule has 0 saturated heterocycles. The topological polar surface area (TPSA) is 97.0 Å². The lowest BCUT2D eigenvalue weighted by Gasteiger charge is -2.22. The van der Waals surface area contributed by atoms with E-state index in [-0.39, 0.29) is 11.3 Å². The monoisotopic (exact) mass is 405 g/mol. The number of benzene rings is 2. The van der Waals surface area contributed by atoms with E-state index in [0.29, 0.717) is 24.7 Å². The van der Waals surface area contributed by atoms with Gasteiger partial charge in [-0.05, 0) is 24.1 Å². The zero-order valence-electron chi connectivity index (χ0n) is 15.7. The molecule has 0 aliphatic carbocycles. The minimum absolute atomic E-state index is 0.00691. The van der Waals surface area contributed by atoms with Gasteiger partial charge < -0.3 is 9.47 Å². The van der Waals surface area contributed by atoms with Crippen LogP contribution in [0.5, 0.6) is 11.5 Å². The lowest BCUT2D eigenvalue weighted by molar-refractivity contribution is -0.126. The molecule has 0 radical (unpaired) electrons. The number of carbonyl (C=O) groups is 1. The van der Waals surface area contributed by atoms with Crippen molar-refractivity contribution >= 4 is 15.9 Å². The second kappa shape index (κ2) is 8.59. The highest BCUT2D eigenvalue weighted by molar-refractivity contribution is 7.89. The molecule has 0 bridgehead atoms. The Hall–Kier alpha value is -2.62. The number of ether oxygens (including phenoxy) is 2. The van der Waals surface area contributed by atoms with Crippen LogP contribution in [-0.4, -0.2) is 52.7 Å². The van der Waals surface area contributed by atoms with Crippen molar-refractivity contribution in [3.63, 3.8) is 0 Å². The molecule has 1 aliphatic heterocycles. The second-order valence-electron chi connectivity index (χ2n) is 6.54. The van der Waals surface area contributed by atoms with Crippen molar-refractivity contribution < 1.29 is 22.7 Å². The molecule has 3 rings (SSSR count). The fourth-order valence-corrected chi connectivity index (χ4v) is 3.99. The van der Waals surface area contributed by atoms with Crippen molar-refractivity contribution in [1.29, 1.82) is 0 Å². The molecule has 2 N–H and O–H groups in total. The predicted molar refractivity (Wildman–Crippen MR) is 104 cm³/mol. The zero-order chi connectivity index (χ0) is 20.1. The van der Waals surface area contributed by atoms with Gasteiger partial charge in [-0.2, -0.15) is 4.72 Å². The number of hydrogen-bond acceptors (Lipinski definition) is 6. The standard InChI is InChI=1S/C19H23N3O5S/c1-22(2)20-19(23)16(12-14-6-4-3-5-7-14)21-28(24,25)15-8-9-17-18(13-15)27-11-10-26-17/h3-9,13,16,21H,10-12H2,1-2H3,(H,20,23)/t16-/m0/s1. The molecule has 1 atom stereocenters. The molecule has 8 nitrogen and oxygen atoms in total. The van der Waals surface area contributed by atoms with E-state index in [1.807, 2.05) is 30.3 Å². The Morgan fingerprint density at radius 1 is 1.07 bits per heavy atom. The first kappa shape index (κ1) is 20.1. The third kappa shape index (κ3) is 5.00. The van der Waals surface area contributed by atoms with Crippen LogP contribution >= 0.6 is 0 Å². The molecule has 150 valence electrons. The van der Waals surface area contributed by atoms with E-state index in [1.165, 1.54) is 17.1 Å². The van der Waals surface area contributed by atoms with Gasteiger partial charge in [0.25, 0.3) is 5.91 Å². The Morgan fingerprint density at radius 2 is 1.75 bits per heavy atom. The van der Waals surface area contributed by atoms with Crippen molar-refractivity contribution in [3.8, 4) is 11.5 Å². The Balaban J connectivity index is 1.84. The summed E-state index contributed by atoms with van der Waals surface area (Å²) in [4.78, 5) is 12.6. The molecule has 1 heterocycles. The number of hydrazine groups is 1. The quantitative estimate of drug-likeness (QED) is 0.666. The number of carbonyl (C=O) groups excluding carboxylic acids is 1. The second-order valence-corrected chi connectivity index (χ2v) is 8.25. The van der Waals surface area contributed by atoms with E-state index in [2.05, 4.69) is 10.1 Å². The highest BCUT2D eigenvalue weighted by Crippen LogP contribution is 2.32. The molecular formula is C19H23N3O5S. The zero-order valence-corrected chi connectivity index (χ0v) is 16.5. The van der Waals surface area contributed by atoms with Gasteiger partial charge >= 0.3 is 0 Å². The van der Waals surface area contributed by atoms with E-state index in [9.17, 15) is 13.2 Å². The molecule has 1 aliphatic rings. The smallest absolute Gasteiger partial charge is 0.252 e. The molecule has 0 aromatic heterocycles. The van der Waals surface area contributed by atoms with Gasteiger partial charge in [-0.25, -0.2) is 13.4 Å². The summed E-state index contributed by atoms with van der Waals surface area (Å²) >= 11 is 0. The van der Waals surface area contributed by atoms with Gasteiger partial charge in [0.15, 0.2) is 11.5 Å². The van der Waals surface area contributed by atoms with Crippen molar-refractivity contribution in [2.75, 3.05) is 27.3 Å². The predicted octanol–water partition coefficient (Wildman–Crippen LogP) is 0.940. The Labute approximate surface area is 164 Å². The minimum atomic E-state index is -3.96. The summed E-state index contributed by atoms with van der Waals surface area (Å²) in [5.41, 5.74) is 3.45. The SMILES string of the molecule is CN(C)NC(=O)[C@H](Cc1ccccc1)NS(=O)(=O)c1ccc2c(c1)OCCO2. The molecule has 0 spiro atoms. The van der Waals surface area contributed by atoms with E-state index >= 15 is 0 Å². The molecule has 2 aromatic rings. The molecular weight excluding hydrogens is 382 g/mol. The van der Waals surface area contributed by atoms with E-state index in [1.54, 1.807) is 20.2 Å². The van der Waals surface area contributed by atoms with Crippen LogP contribution in [-0.2, 0) is 21.2 Å². The fourth-order valence-electron chi connectivity index (χ4n) is 2.78. The maximum atomic E-state index is 12.9. The first-order chi connectivity index (χ1) is 13.3. The van der Waals surface area contributed by atoms with E-state index in [4.69, 9.17) is 9.47 Å². The number of hydrogen-bond donors (Lipinski definition) is 2. The van der Waals surface area contributed by atoms with Crippen LogP contribution in [0, 0.1) is 0 Å². The average Bonchev–Trinajstić information content (AvgIpc) is 2.67. The molecule has 1 amide bonds. The van der Waals surface area contributed by atoms with Crippen LogP contribution in [0.1, 0.15) is 5.56 Å².